The zero-order valence-electron chi connectivity index (χ0n) is 23.0. The Balaban J connectivity index is 1.41. The van der Waals surface area contributed by atoms with Crippen molar-refractivity contribution in [1.82, 2.24) is 4.57 Å². The molecular formula is C40H23NS2. The van der Waals surface area contributed by atoms with Crippen LogP contribution in [0.2, 0.25) is 0 Å². The third-order valence-electron chi connectivity index (χ3n) is 8.97. The molecule has 43 heavy (non-hydrogen) atoms. The van der Waals surface area contributed by atoms with Crippen molar-refractivity contribution in [3.63, 3.8) is 0 Å². The van der Waals surface area contributed by atoms with E-state index in [0.717, 1.165) is 0 Å². The molecule has 0 aliphatic carbocycles. The van der Waals surface area contributed by atoms with Crippen molar-refractivity contribution in [1.29, 1.82) is 0 Å². The zero-order valence-corrected chi connectivity index (χ0v) is 24.7. The number of benzene rings is 7. The normalized spacial score (nSPS) is 12.2. The van der Waals surface area contributed by atoms with E-state index in [1.165, 1.54) is 89.7 Å². The summed E-state index contributed by atoms with van der Waals surface area (Å²) < 4.78 is 7.87. The zero-order chi connectivity index (χ0) is 28.1. The standard InChI is InChI=1S/C40H23NS2/c1-2-12-26-24(10-1)11-9-17-33(26)41-34-16-6-3-13-27(34)32-23-30(40-38(39(32)41)29-15-5-8-19-36(29)43-40)25-20-21-37-31(22-25)28-14-4-7-18-35(28)42-37/h1-23H. The SMILES string of the molecule is c1ccc2c(-n3c4ccccc4c4cc(-c5ccc6sc7ccccc7c6c5)c5sc6ccccc6c5c43)cccc2c1. The van der Waals surface area contributed by atoms with E-state index in [-0.39, 0.29) is 0 Å². The Hall–Kier alpha value is -4.96. The van der Waals surface area contributed by atoms with Crippen LogP contribution in [0, 0.1) is 0 Å². The Morgan fingerprint density at radius 1 is 0.442 bits per heavy atom. The number of nitrogens with zero attached hydrogens (tertiary/aromatic N) is 1. The summed E-state index contributed by atoms with van der Waals surface area (Å²) in [6.45, 7) is 0. The number of thiophene rings is 2. The van der Waals surface area contributed by atoms with Crippen LogP contribution in [0.4, 0.5) is 0 Å². The van der Waals surface area contributed by atoms with Crippen LogP contribution in [0.1, 0.15) is 0 Å². The van der Waals surface area contributed by atoms with Gasteiger partial charge in [-0.15, -0.1) is 22.7 Å². The van der Waals surface area contributed by atoms with Crippen molar-refractivity contribution in [2.75, 3.05) is 0 Å². The van der Waals surface area contributed by atoms with Crippen LogP contribution < -0.4 is 0 Å². The van der Waals surface area contributed by atoms with Crippen molar-refractivity contribution in [3.05, 3.63) is 140 Å². The Morgan fingerprint density at radius 2 is 1.12 bits per heavy atom. The second-order valence-electron chi connectivity index (χ2n) is 11.3. The summed E-state index contributed by atoms with van der Waals surface area (Å²) in [7, 11) is 0. The highest BCUT2D eigenvalue weighted by molar-refractivity contribution is 7.26. The lowest BCUT2D eigenvalue weighted by atomic mass is 9.97. The van der Waals surface area contributed by atoms with Gasteiger partial charge in [0, 0.05) is 62.1 Å². The Bertz CT molecular complexity index is 2730. The topological polar surface area (TPSA) is 4.93 Å². The van der Waals surface area contributed by atoms with E-state index in [4.69, 9.17) is 0 Å². The predicted octanol–water partition coefficient (Wildman–Crippen LogP) is 12.3. The van der Waals surface area contributed by atoms with E-state index in [1.807, 2.05) is 22.7 Å². The van der Waals surface area contributed by atoms with Gasteiger partial charge in [0.05, 0.1) is 16.7 Å². The van der Waals surface area contributed by atoms with Gasteiger partial charge in [0.2, 0.25) is 0 Å². The Morgan fingerprint density at radius 3 is 2.00 bits per heavy atom. The average molecular weight is 582 g/mol. The first-order chi connectivity index (χ1) is 21.3. The molecule has 0 aliphatic rings. The smallest absolute Gasteiger partial charge is 0.0634 e. The van der Waals surface area contributed by atoms with Gasteiger partial charge < -0.3 is 4.57 Å². The highest BCUT2D eigenvalue weighted by Gasteiger charge is 2.22. The van der Waals surface area contributed by atoms with Gasteiger partial charge in [0.25, 0.3) is 0 Å². The van der Waals surface area contributed by atoms with Crippen LogP contribution in [-0.4, -0.2) is 4.57 Å². The lowest BCUT2D eigenvalue weighted by Gasteiger charge is -2.13. The minimum atomic E-state index is 1.22. The monoisotopic (exact) mass is 581 g/mol. The van der Waals surface area contributed by atoms with Gasteiger partial charge in [0.15, 0.2) is 0 Å². The van der Waals surface area contributed by atoms with Gasteiger partial charge in [-0.2, -0.15) is 0 Å². The van der Waals surface area contributed by atoms with E-state index >= 15 is 0 Å². The Labute approximate surface area is 255 Å². The lowest BCUT2D eigenvalue weighted by Crippen LogP contribution is -1.95. The first-order valence-corrected chi connectivity index (χ1v) is 16.2. The highest BCUT2D eigenvalue weighted by atomic mass is 32.1. The van der Waals surface area contributed by atoms with Crippen molar-refractivity contribution < 1.29 is 0 Å². The fraction of sp³-hybridized carbons (Fsp3) is 0. The molecule has 0 unspecified atom stereocenters. The van der Waals surface area contributed by atoms with Gasteiger partial charge in [-0.05, 0) is 53.4 Å². The quantitative estimate of drug-likeness (QED) is 0.191. The molecule has 10 rings (SSSR count). The fourth-order valence-corrected chi connectivity index (χ4v) is 9.43. The molecule has 7 aromatic carbocycles. The molecule has 0 fully saturated rings. The summed E-state index contributed by atoms with van der Waals surface area (Å²) in [6.07, 6.45) is 0. The van der Waals surface area contributed by atoms with Crippen LogP contribution in [0.3, 0.4) is 0 Å². The van der Waals surface area contributed by atoms with Gasteiger partial charge in [-0.3, -0.25) is 0 Å². The number of rotatable bonds is 2. The molecule has 200 valence electrons. The molecular weight excluding hydrogens is 559 g/mol. The molecule has 3 aromatic heterocycles. The number of aromatic nitrogens is 1. The van der Waals surface area contributed by atoms with Crippen molar-refractivity contribution >= 4 is 95.6 Å². The summed E-state index contributed by atoms with van der Waals surface area (Å²) in [6, 6.07) is 51.6. The van der Waals surface area contributed by atoms with Gasteiger partial charge in [-0.25, -0.2) is 0 Å². The summed E-state index contributed by atoms with van der Waals surface area (Å²) in [5.41, 5.74) is 6.33. The maximum Gasteiger partial charge on any atom is 0.0634 e. The van der Waals surface area contributed by atoms with E-state index in [1.54, 1.807) is 0 Å². The van der Waals surface area contributed by atoms with Crippen LogP contribution in [0.15, 0.2) is 140 Å². The van der Waals surface area contributed by atoms with E-state index in [0.29, 0.717) is 0 Å². The summed E-state index contributed by atoms with van der Waals surface area (Å²) >= 11 is 3.79. The molecule has 0 spiro atoms. The summed E-state index contributed by atoms with van der Waals surface area (Å²) in [5.74, 6) is 0. The molecule has 0 amide bonds. The van der Waals surface area contributed by atoms with Crippen LogP contribution in [-0.2, 0) is 0 Å². The average Bonchev–Trinajstić information content (AvgIpc) is 3.73. The number of para-hydroxylation sites is 1. The van der Waals surface area contributed by atoms with Crippen molar-refractivity contribution in [3.8, 4) is 16.8 Å². The minimum absolute atomic E-state index is 1.22. The number of hydrogen-bond donors (Lipinski definition) is 0. The molecule has 1 nitrogen and oxygen atoms in total. The van der Waals surface area contributed by atoms with Crippen molar-refractivity contribution in [2.24, 2.45) is 0 Å². The molecule has 3 heteroatoms. The maximum atomic E-state index is 2.52. The third kappa shape index (κ3) is 3.26. The second-order valence-corrected chi connectivity index (χ2v) is 13.4. The van der Waals surface area contributed by atoms with Crippen LogP contribution in [0.5, 0.6) is 0 Å². The molecule has 0 N–H and O–H groups in total. The molecule has 0 bridgehead atoms. The number of fused-ring (bicyclic) bond motifs is 11. The molecule has 0 radical (unpaired) electrons. The van der Waals surface area contributed by atoms with E-state index in [9.17, 15) is 0 Å². The third-order valence-corrected chi connectivity index (χ3v) is 11.3. The van der Waals surface area contributed by atoms with Gasteiger partial charge in [-0.1, -0.05) is 97.1 Å². The lowest BCUT2D eigenvalue weighted by molar-refractivity contribution is 1.21. The molecule has 0 atom stereocenters. The minimum Gasteiger partial charge on any atom is -0.308 e. The van der Waals surface area contributed by atoms with E-state index in [2.05, 4.69) is 144 Å². The Kier molecular flexibility index (Phi) is 4.81. The van der Waals surface area contributed by atoms with E-state index < -0.39 is 0 Å². The molecule has 0 saturated heterocycles. The molecule has 0 aliphatic heterocycles. The molecule has 10 aromatic rings. The maximum absolute atomic E-state index is 2.52. The molecule has 0 saturated carbocycles. The summed E-state index contributed by atoms with van der Waals surface area (Å²) in [4.78, 5) is 0. The molecule has 3 heterocycles. The van der Waals surface area contributed by atoms with Gasteiger partial charge in [0.1, 0.15) is 0 Å². The second kappa shape index (κ2) is 8.78. The van der Waals surface area contributed by atoms with Crippen LogP contribution in [0.25, 0.3) is 89.7 Å². The first-order valence-electron chi connectivity index (χ1n) is 14.6. The fourth-order valence-electron chi connectivity index (χ4n) is 7.10. The predicted molar refractivity (Wildman–Crippen MR) is 190 cm³/mol. The van der Waals surface area contributed by atoms with Crippen LogP contribution >= 0.6 is 22.7 Å². The highest BCUT2D eigenvalue weighted by Crippen LogP contribution is 2.48. The summed E-state index contributed by atoms with van der Waals surface area (Å²) in [5, 5.41) is 10.4. The van der Waals surface area contributed by atoms with Gasteiger partial charge >= 0.3 is 0 Å². The largest absolute Gasteiger partial charge is 0.308 e. The number of hydrogen-bond acceptors (Lipinski definition) is 2. The van der Waals surface area contributed by atoms with Crippen molar-refractivity contribution in [2.45, 2.75) is 0 Å². The first kappa shape index (κ1) is 23.6.